The van der Waals surface area contributed by atoms with E-state index in [2.05, 4.69) is 29.2 Å². The molecule has 2 heterocycles. The molecule has 65 heavy (non-hydrogen) atoms. The fraction of sp³-hybridized carbons (Fsp3) is 0.320. The molecule has 0 atom stereocenters. The van der Waals surface area contributed by atoms with Gasteiger partial charge in [-0.1, -0.05) is 84.2 Å². The molecule has 15 heteroatoms. The molecule has 6 aromatic rings. The van der Waals surface area contributed by atoms with Crippen molar-refractivity contribution in [3.05, 3.63) is 201 Å². The van der Waals surface area contributed by atoms with Crippen molar-refractivity contribution in [2.24, 2.45) is 0 Å². The van der Waals surface area contributed by atoms with Crippen LogP contribution in [0.25, 0.3) is 0 Å². The zero-order valence-electron chi connectivity index (χ0n) is 36.2. The smallest absolute Gasteiger partial charge is 0.260 e. The van der Waals surface area contributed by atoms with Crippen LogP contribution in [0.3, 0.4) is 0 Å². The largest absolute Gasteiger partial charge is 0.370 e. The van der Waals surface area contributed by atoms with Gasteiger partial charge in [-0.15, -0.1) is 17.2 Å². The van der Waals surface area contributed by atoms with E-state index in [0.717, 1.165) is 24.3 Å². The second-order valence-electron chi connectivity index (χ2n) is 17.2. The Hall–Kier alpha value is -5.01. The number of benzene rings is 4. The van der Waals surface area contributed by atoms with E-state index in [-0.39, 0.29) is 37.4 Å². The minimum atomic E-state index is -5.01. The second-order valence-corrected chi connectivity index (χ2v) is 17.2. The predicted molar refractivity (Wildman–Crippen MR) is 218 cm³/mol. The fourth-order valence-electron chi connectivity index (χ4n) is 7.15. The van der Waals surface area contributed by atoms with Gasteiger partial charge >= 0.3 is 24.7 Å². The first-order chi connectivity index (χ1) is 29.3. The minimum absolute atomic E-state index is 0. The van der Waals surface area contributed by atoms with E-state index in [1.165, 1.54) is 46.0 Å². The molecule has 0 saturated carbocycles. The summed E-state index contributed by atoms with van der Waals surface area (Å²) in [6.07, 6.45) is -17.5. The van der Waals surface area contributed by atoms with Crippen LogP contribution >= 0.6 is 0 Å². The maximum atomic E-state index is 14.0. The summed E-state index contributed by atoms with van der Waals surface area (Å²) in [4.78, 5) is 8.88. The van der Waals surface area contributed by atoms with Crippen molar-refractivity contribution in [1.29, 1.82) is 0 Å². The van der Waals surface area contributed by atoms with E-state index in [1.807, 2.05) is 27.7 Å². The average Bonchev–Trinajstić information content (AvgIpc) is 3.23. The molecule has 0 fully saturated rings. The van der Waals surface area contributed by atoms with Crippen LogP contribution in [0.2, 0.25) is 0 Å². The topological polar surface area (TPSA) is 25.8 Å². The molecular formula is C50H42F12IrN2-4. The van der Waals surface area contributed by atoms with Gasteiger partial charge < -0.3 is 0 Å². The van der Waals surface area contributed by atoms with Crippen LogP contribution in [0.15, 0.2) is 109 Å². The first-order valence-corrected chi connectivity index (χ1v) is 19.6. The molecular weight excluding hydrogens is 1050 g/mol. The Morgan fingerprint density at radius 1 is 0.415 bits per heavy atom. The standard InChI is InChI=1S/2C25H21F6N.Ir/c1-22(2,16-8-12-18(13-9-16)24(26,27)28)20-6-5-7-21(32-20)23(3,4)17-10-14-19(15-11-17)25(29,30)31;1-22(2,16-10-6-5-7-11-16)17-14-18(23(3,4)21-12-8-9-13-32-21)20(25(29,30)31)15-19(17)24(26,27)28;/h5-8,10,12-15H,1-4H3;5-10,12-13,15H,1-4H3;/q2*-2;. The quantitative estimate of drug-likeness (QED) is 0.112. The number of aromatic nitrogens is 2. The first-order valence-electron chi connectivity index (χ1n) is 19.6. The van der Waals surface area contributed by atoms with Gasteiger partial charge in [0.05, 0.1) is 0 Å². The van der Waals surface area contributed by atoms with Crippen molar-refractivity contribution in [3.63, 3.8) is 0 Å². The number of halogens is 12. The number of rotatable bonds is 8. The number of alkyl halides is 12. The molecule has 0 spiro atoms. The Bertz CT molecular complexity index is 2350. The summed E-state index contributed by atoms with van der Waals surface area (Å²) in [7, 11) is 0. The average molecular weight is 1090 g/mol. The van der Waals surface area contributed by atoms with Crippen molar-refractivity contribution in [3.8, 4) is 0 Å². The SMILES string of the molecule is CC(C)(c1[c-]cc(C(F)(F)F)cc1)c1cccc(C(C)(C)c2[c-]cc(C(F)(F)F)cc2)n1.CC(C)(c1[c-]cccc1)c1[c-]c(C(C)(C)c2ccccn2)c(C(F)(F)F)cc1C(F)(F)F.[Ir]. The molecule has 0 bridgehead atoms. The van der Waals surface area contributed by atoms with Gasteiger partial charge in [-0.3, -0.25) is 9.97 Å². The van der Waals surface area contributed by atoms with Crippen molar-refractivity contribution in [1.82, 2.24) is 9.97 Å². The van der Waals surface area contributed by atoms with E-state index >= 15 is 0 Å². The molecule has 6 rings (SSSR count). The normalized spacial score (nSPS) is 13.1. The molecule has 0 N–H and O–H groups in total. The van der Waals surface area contributed by atoms with Crippen molar-refractivity contribution in [2.75, 3.05) is 0 Å². The second kappa shape index (κ2) is 18.7. The molecule has 0 saturated heterocycles. The molecule has 0 aliphatic heterocycles. The third-order valence-electron chi connectivity index (χ3n) is 11.3. The molecule has 0 unspecified atom stereocenters. The number of nitrogens with zero attached hydrogens (tertiary/aromatic N) is 2. The van der Waals surface area contributed by atoms with Crippen LogP contribution in [-0.4, -0.2) is 9.97 Å². The first kappa shape index (κ1) is 52.6. The van der Waals surface area contributed by atoms with Gasteiger partial charge in [-0.2, -0.15) is 154 Å². The summed E-state index contributed by atoms with van der Waals surface area (Å²) in [5, 5.41) is 0. The van der Waals surface area contributed by atoms with Gasteiger partial charge in [0.15, 0.2) is 0 Å². The molecule has 0 aliphatic rings. The van der Waals surface area contributed by atoms with Gasteiger partial charge in [0.2, 0.25) is 0 Å². The Balaban J connectivity index is 0.000000280. The van der Waals surface area contributed by atoms with E-state index in [0.29, 0.717) is 28.1 Å². The molecule has 4 aromatic carbocycles. The third kappa shape index (κ3) is 11.5. The van der Waals surface area contributed by atoms with Crippen LogP contribution < -0.4 is 0 Å². The Morgan fingerprint density at radius 2 is 0.846 bits per heavy atom. The molecule has 0 amide bonds. The van der Waals surface area contributed by atoms with Gasteiger partial charge in [0.25, 0.3) is 0 Å². The maximum absolute atomic E-state index is 14.0. The van der Waals surface area contributed by atoms with Crippen molar-refractivity contribution in [2.45, 2.75) is 102 Å². The molecule has 349 valence electrons. The monoisotopic (exact) mass is 1090 g/mol. The zero-order chi connectivity index (χ0) is 47.9. The van der Waals surface area contributed by atoms with Gasteiger partial charge in [-0.25, -0.2) is 0 Å². The van der Waals surface area contributed by atoms with E-state index in [1.54, 1.807) is 60.7 Å². The fourth-order valence-corrected chi connectivity index (χ4v) is 7.15. The molecule has 2 nitrogen and oxygen atoms in total. The van der Waals surface area contributed by atoms with Crippen molar-refractivity contribution < 1.29 is 72.8 Å². The van der Waals surface area contributed by atoms with E-state index in [4.69, 9.17) is 4.98 Å². The summed E-state index contributed by atoms with van der Waals surface area (Å²) in [6.45, 7) is 13.3. The van der Waals surface area contributed by atoms with Crippen LogP contribution in [0.4, 0.5) is 52.7 Å². The summed E-state index contributed by atoms with van der Waals surface area (Å²) >= 11 is 0. The Morgan fingerprint density at radius 3 is 1.22 bits per heavy atom. The summed E-state index contributed by atoms with van der Waals surface area (Å²) in [5.74, 6) is 0. The molecule has 2 aromatic heterocycles. The summed E-state index contributed by atoms with van der Waals surface area (Å²) < 4.78 is 161. The summed E-state index contributed by atoms with van der Waals surface area (Å²) in [6, 6.07) is 34.3. The number of hydrogen-bond acceptors (Lipinski definition) is 2. The van der Waals surface area contributed by atoms with Crippen LogP contribution in [0.1, 0.15) is 123 Å². The Kier molecular flexibility index (Phi) is 15.1. The van der Waals surface area contributed by atoms with Gasteiger partial charge in [-0.05, 0) is 35.2 Å². The zero-order valence-corrected chi connectivity index (χ0v) is 38.6. The summed E-state index contributed by atoms with van der Waals surface area (Å²) in [5.41, 5.74) is -6.28. The Labute approximate surface area is 383 Å². The van der Waals surface area contributed by atoms with Crippen LogP contribution in [0.5, 0.6) is 0 Å². The third-order valence-corrected chi connectivity index (χ3v) is 11.3. The number of hydrogen-bond donors (Lipinski definition) is 0. The minimum Gasteiger partial charge on any atom is -0.260 e. The van der Waals surface area contributed by atoms with Gasteiger partial charge in [0.1, 0.15) is 0 Å². The maximum Gasteiger partial charge on any atom is 0.370 e. The molecule has 1 radical (unpaired) electrons. The number of pyridine rings is 2. The predicted octanol–water partition coefficient (Wildman–Crippen LogP) is 14.7. The van der Waals surface area contributed by atoms with Crippen LogP contribution in [0, 0.1) is 24.3 Å². The molecule has 0 aliphatic carbocycles. The van der Waals surface area contributed by atoms with Crippen LogP contribution in [-0.2, 0) is 66.5 Å². The van der Waals surface area contributed by atoms with E-state index in [9.17, 15) is 52.7 Å². The van der Waals surface area contributed by atoms with Crippen molar-refractivity contribution >= 4 is 0 Å². The van der Waals surface area contributed by atoms with E-state index < -0.39 is 74.2 Å². The van der Waals surface area contributed by atoms with Gasteiger partial charge in [0, 0.05) is 59.6 Å².